The van der Waals surface area contributed by atoms with Gasteiger partial charge in [0.2, 0.25) is 0 Å². The largest absolute Gasteiger partial charge is 0.480 e. The van der Waals surface area contributed by atoms with Crippen LogP contribution in [0.1, 0.15) is 97.6 Å². The van der Waals surface area contributed by atoms with Crippen LogP contribution in [0.4, 0.5) is 0 Å². The van der Waals surface area contributed by atoms with E-state index in [2.05, 4.69) is 125 Å². The van der Waals surface area contributed by atoms with E-state index in [9.17, 15) is 9.90 Å². The predicted molar refractivity (Wildman–Crippen MR) is 200 cm³/mol. The van der Waals surface area contributed by atoms with Crippen molar-refractivity contribution in [3.63, 3.8) is 0 Å². The van der Waals surface area contributed by atoms with Crippen molar-refractivity contribution in [2.75, 3.05) is 26.7 Å². The number of carboxylic acids is 1. The molecule has 0 bridgehead atoms. The third-order valence-electron chi connectivity index (χ3n) is 10.7. The van der Waals surface area contributed by atoms with Crippen LogP contribution in [0.5, 0.6) is 0 Å². The highest BCUT2D eigenvalue weighted by Gasteiger charge is 2.41. The van der Waals surface area contributed by atoms with Gasteiger partial charge in [-0.05, 0) is 51.7 Å². The molecule has 256 valence electrons. The van der Waals surface area contributed by atoms with Gasteiger partial charge in [0.25, 0.3) is 0 Å². The molecule has 1 N–H and O–H groups in total. The van der Waals surface area contributed by atoms with Crippen molar-refractivity contribution in [1.82, 2.24) is 14.1 Å². The molecule has 0 fully saturated rings. The van der Waals surface area contributed by atoms with Crippen molar-refractivity contribution in [3.05, 3.63) is 116 Å². The number of hydrogen-bond acceptors (Lipinski definition) is 2. The van der Waals surface area contributed by atoms with Crippen LogP contribution < -0.4 is 30.3 Å². The number of likely N-dealkylation sites (N-methyl/N-ethyl adjacent to an activating group) is 1. The molecule has 0 saturated carbocycles. The normalized spacial score (nSPS) is 19.9. The fourth-order valence-corrected chi connectivity index (χ4v) is 8.13. The summed E-state index contributed by atoms with van der Waals surface area (Å²) in [5.74, 6) is -0.690. The zero-order chi connectivity index (χ0) is 34.8. The lowest BCUT2D eigenvalue weighted by Gasteiger charge is -2.36. The van der Waals surface area contributed by atoms with Crippen LogP contribution in [0.2, 0.25) is 0 Å². The Labute approximate surface area is 288 Å². The maximum atomic E-state index is 12.0. The highest BCUT2D eigenvalue weighted by Crippen LogP contribution is 2.40. The van der Waals surface area contributed by atoms with Crippen molar-refractivity contribution in [3.8, 4) is 0 Å². The number of carboxylic acid groups (broad SMARTS) is 1. The summed E-state index contributed by atoms with van der Waals surface area (Å²) in [6.45, 7) is 24.1. The Kier molecular flexibility index (Phi) is 10.5. The van der Waals surface area contributed by atoms with E-state index in [0.29, 0.717) is 0 Å². The molecule has 2 heterocycles. The van der Waals surface area contributed by atoms with Crippen LogP contribution >= 0.6 is 0 Å². The average molecular weight is 648 g/mol. The van der Waals surface area contributed by atoms with Crippen molar-refractivity contribution >= 4 is 19.1 Å². The van der Waals surface area contributed by atoms with Crippen LogP contribution in [-0.2, 0) is 15.6 Å². The topological polar surface area (TPSA) is 46.6 Å². The number of fused-ring (bicyclic) bond motifs is 2. The Bertz CT molecular complexity index is 1860. The van der Waals surface area contributed by atoms with E-state index in [1.54, 1.807) is 0 Å². The molecule has 3 aliphatic rings. The Balaban J connectivity index is 1.55. The molecule has 1 aliphatic carbocycles. The summed E-state index contributed by atoms with van der Waals surface area (Å²) in [4.78, 5) is 14.0. The van der Waals surface area contributed by atoms with Crippen LogP contribution in [0.25, 0.3) is 13.2 Å². The fourth-order valence-electron chi connectivity index (χ4n) is 8.13. The number of carbonyl (C=O) groups is 1. The summed E-state index contributed by atoms with van der Waals surface area (Å²) in [6, 6.07) is 15.8. The van der Waals surface area contributed by atoms with Crippen molar-refractivity contribution in [2.24, 2.45) is 5.92 Å². The number of benzene rings is 2. The number of nitrogens with zero attached hydrogens (tertiary/aromatic N) is 3. The third-order valence-corrected chi connectivity index (χ3v) is 10.7. The lowest BCUT2D eigenvalue weighted by Crippen LogP contribution is -2.34. The minimum absolute atomic E-state index is 0.0260. The van der Waals surface area contributed by atoms with Crippen LogP contribution in [-0.4, -0.2) is 42.7 Å². The molecule has 0 saturated heterocycles. The maximum absolute atomic E-state index is 12.0. The van der Waals surface area contributed by atoms with Gasteiger partial charge >= 0.3 is 5.97 Å². The molecule has 1 unspecified atom stereocenters. The van der Waals surface area contributed by atoms with E-state index in [4.69, 9.17) is 0 Å². The summed E-state index contributed by atoms with van der Waals surface area (Å²) in [5, 5.41) is 14.5. The van der Waals surface area contributed by atoms with Gasteiger partial charge in [-0.1, -0.05) is 110 Å². The molecule has 5 heteroatoms. The van der Waals surface area contributed by atoms with Crippen LogP contribution in [0.3, 0.4) is 0 Å². The minimum Gasteiger partial charge on any atom is -0.480 e. The summed E-state index contributed by atoms with van der Waals surface area (Å²) >= 11 is 0. The molecular weight excluding hydrogens is 590 g/mol. The second-order valence-corrected chi connectivity index (χ2v) is 15.1. The molecule has 0 radical (unpaired) electrons. The summed E-state index contributed by atoms with van der Waals surface area (Å²) in [7, 11) is 1.95. The third kappa shape index (κ3) is 6.79. The molecular formula is C43H57N3O2. The van der Waals surface area contributed by atoms with Gasteiger partial charge in [0.05, 0.1) is 12.1 Å². The van der Waals surface area contributed by atoms with Crippen molar-refractivity contribution in [2.45, 2.75) is 97.3 Å². The first kappa shape index (κ1) is 35.3. The lowest BCUT2D eigenvalue weighted by molar-refractivity contribution is -0.137. The quantitative estimate of drug-likeness (QED) is 0.227. The molecule has 0 aromatic heterocycles. The van der Waals surface area contributed by atoms with Gasteiger partial charge in [0, 0.05) is 30.7 Å². The second kappa shape index (κ2) is 14.2. The molecule has 1 atom stereocenters. The smallest absolute Gasteiger partial charge is 0.323 e. The van der Waals surface area contributed by atoms with Crippen LogP contribution in [0.15, 0.2) is 72.0 Å². The monoisotopic (exact) mass is 647 g/mol. The molecule has 2 aromatic rings. The highest BCUT2D eigenvalue weighted by molar-refractivity contribution is 5.69. The van der Waals surface area contributed by atoms with Gasteiger partial charge in [-0.3, -0.25) is 4.79 Å². The van der Waals surface area contributed by atoms with Gasteiger partial charge in [-0.2, -0.15) is 6.08 Å². The molecule has 0 amide bonds. The number of rotatable bonds is 13. The van der Waals surface area contributed by atoms with Crippen molar-refractivity contribution < 1.29 is 9.90 Å². The SMILES string of the molecule is C=c1ccc2c(c1)C(C)(C)[C-](C=CC1CCCC(/C=C/[C-]3[N+](CCCC)=c4ccc(=C)cc4C3(C)C)=C1N(C)CC(=O)O)[N+]=2CCCC. The van der Waals surface area contributed by atoms with Gasteiger partial charge in [-0.25, -0.2) is 0 Å². The van der Waals surface area contributed by atoms with E-state index in [1.807, 2.05) is 11.9 Å². The number of unbranched alkanes of at least 4 members (excludes halogenated alkanes) is 2. The van der Waals surface area contributed by atoms with Gasteiger partial charge < -0.3 is 19.2 Å². The van der Waals surface area contributed by atoms with Gasteiger partial charge in [0.15, 0.2) is 0 Å². The summed E-state index contributed by atoms with van der Waals surface area (Å²) in [6.07, 6.45) is 16.8. The van der Waals surface area contributed by atoms with Crippen molar-refractivity contribution in [1.29, 1.82) is 0 Å². The first-order valence-corrected chi connectivity index (χ1v) is 18.1. The molecule has 2 aromatic carbocycles. The zero-order valence-electron chi connectivity index (χ0n) is 30.5. The second-order valence-electron chi connectivity index (χ2n) is 15.1. The molecule has 2 aliphatic heterocycles. The number of aliphatic carboxylic acids is 1. The lowest BCUT2D eigenvalue weighted by atomic mass is 9.78. The van der Waals surface area contributed by atoms with E-state index in [1.165, 1.54) is 39.5 Å². The van der Waals surface area contributed by atoms with Gasteiger partial charge in [-0.15, -0.1) is 18.2 Å². The summed E-state index contributed by atoms with van der Waals surface area (Å²) in [5.41, 5.74) is 4.69. The Morgan fingerprint density at radius 3 is 1.94 bits per heavy atom. The fraction of sp³-hybridized carbons (Fsp3) is 0.465. The Morgan fingerprint density at radius 1 is 0.917 bits per heavy atom. The van der Waals surface area contributed by atoms with Crippen LogP contribution in [0, 0.1) is 18.0 Å². The van der Waals surface area contributed by atoms with E-state index in [-0.39, 0.29) is 23.3 Å². The van der Waals surface area contributed by atoms with E-state index in [0.717, 1.165) is 74.2 Å². The van der Waals surface area contributed by atoms with E-state index >= 15 is 0 Å². The molecule has 5 rings (SSSR count). The maximum Gasteiger partial charge on any atom is 0.323 e. The average Bonchev–Trinajstić information content (AvgIpc) is 3.37. The highest BCUT2D eigenvalue weighted by atomic mass is 16.4. The molecule has 48 heavy (non-hydrogen) atoms. The number of allylic oxidation sites excluding steroid dienone is 3. The first-order chi connectivity index (χ1) is 22.8. The Morgan fingerprint density at radius 2 is 1.44 bits per heavy atom. The Hall–Kier alpha value is -3.99. The first-order valence-electron chi connectivity index (χ1n) is 18.1. The standard InChI is InChI=1S/C43H57N3O2/c1-10-12-25-45-36-21-17-30(3)27-34(36)42(5,6)38(45)23-19-32-15-14-16-33(41(32)44(9)29-40(47)48)20-24-39-43(7,8)35-28-31(4)18-22-37(35)46(39)26-13-11-2/h17-24,27-28,32H,3-4,10-16,25-26,29H2,1-2,5-9H3,(H,47,48)/b23-19?,24-20+. The predicted octanol–water partition coefficient (Wildman–Crippen LogP) is 5.62. The number of hydrogen-bond donors (Lipinski definition) is 1. The molecule has 5 nitrogen and oxygen atoms in total. The minimum atomic E-state index is -0.811. The zero-order valence-corrected chi connectivity index (χ0v) is 30.5. The van der Waals surface area contributed by atoms with E-state index < -0.39 is 5.97 Å². The van der Waals surface area contributed by atoms with Gasteiger partial charge in [0.1, 0.15) is 30.3 Å². The molecule has 0 spiro atoms. The summed E-state index contributed by atoms with van der Waals surface area (Å²) < 4.78 is 5.00.